The molecule has 0 spiro atoms. The van der Waals surface area contributed by atoms with E-state index < -0.39 is 18.1 Å². The van der Waals surface area contributed by atoms with Crippen LogP contribution < -0.4 is 10.6 Å². The Morgan fingerprint density at radius 1 is 1.00 bits per heavy atom. The van der Waals surface area contributed by atoms with Gasteiger partial charge in [-0.15, -0.1) is 0 Å². The third-order valence-electron chi connectivity index (χ3n) is 7.02. The number of amides is 2. The monoisotopic (exact) mass is 478 g/mol. The van der Waals surface area contributed by atoms with Gasteiger partial charge in [-0.05, 0) is 59.8 Å². The fourth-order valence-electron chi connectivity index (χ4n) is 5.41. The summed E-state index contributed by atoms with van der Waals surface area (Å²) in [6, 6.07) is 15.5. The van der Waals surface area contributed by atoms with Crippen LogP contribution in [0.2, 0.25) is 0 Å². The summed E-state index contributed by atoms with van der Waals surface area (Å²) in [4.78, 5) is 36.3. The molecule has 3 N–H and O–H groups in total. The third-order valence-corrected chi connectivity index (χ3v) is 7.02. The van der Waals surface area contributed by atoms with Crippen LogP contribution in [0.25, 0.3) is 11.1 Å². The van der Waals surface area contributed by atoms with Gasteiger partial charge in [0.2, 0.25) is 5.91 Å². The molecule has 0 saturated heterocycles. The minimum Gasteiger partial charge on any atom is -0.480 e. The maximum Gasteiger partial charge on any atom is 0.407 e. The maximum atomic E-state index is 12.6. The largest absolute Gasteiger partial charge is 0.480 e. The lowest BCUT2D eigenvalue weighted by molar-refractivity contribution is -0.142. The highest BCUT2D eigenvalue weighted by Crippen LogP contribution is 2.44. The molecule has 0 aliphatic heterocycles. The highest BCUT2D eigenvalue weighted by atomic mass is 16.5. The van der Waals surface area contributed by atoms with Gasteiger partial charge in [-0.25, -0.2) is 9.59 Å². The van der Waals surface area contributed by atoms with Crippen LogP contribution >= 0.6 is 0 Å². The van der Waals surface area contributed by atoms with E-state index in [9.17, 15) is 19.5 Å². The van der Waals surface area contributed by atoms with Crippen LogP contribution in [0.3, 0.4) is 0 Å². The van der Waals surface area contributed by atoms with Gasteiger partial charge in [0.15, 0.2) is 0 Å². The van der Waals surface area contributed by atoms with Gasteiger partial charge in [0.25, 0.3) is 0 Å². The van der Waals surface area contributed by atoms with Crippen LogP contribution in [-0.4, -0.2) is 41.8 Å². The maximum absolute atomic E-state index is 12.6. The Kier molecular flexibility index (Phi) is 7.73. The highest BCUT2D eigenvalue weighted by Gasteiger charge is 2.31. The number of fused-ring (bicyclic) bond motifs is 3. The molecule has 0 radical (unpaired) electrons. The number of alkyl carbamates (subject to hydrolysis) is 1. The Morgan fingerprint density at radius 3 is 2.23 bits per heavy atom. The molecule has 1 saturated carbocycles. The average molecular weight is 479 g/mol. The summed E-state index contributed by atoms with van der Waals surface area (Å²) in [5.74, 6) is -0.949. The number of hydrogen-bond donors (Lipinski definition) is 3. The van der Waals surface area contributed by atoms with Crippen molar-refractivity contribution in [1.82, 2.24) is 10.6 Å². The zero-order valence-corrected chi connectivity index (χ0v) is 20.3. The van der Waals surface area contributed by atoms with Crippen LogP contribution in [0.1, 0.15) is 63.0 Å². The van der Waals surface area contributed by atoms with E-state index in [4.69, 9.17) is 4.74 Å². The summed E-state index contributed by atoms with van der Waals surface area (Å²) in [7, 11) is 0. The van der Waals surface area contributed by atoms with Crippen molar-refractivity contribution in [2.75, 3.05) is 6.61 Å². The van der Waals surface area contributed by atoms with E-state index in [-0.39, 0.29) is 42.7 Å². The molecular weight excluding hydrogens is 444 g/mol. The quantitative estimate of drug-likeness (QED) is 0.485. The number of carboxylic acids is 1. The van der Waals surface area contributed by atoms with Crippen molar-refractivity contribution >= 4 is 18.0 Å². The molecule has 0 bridgehead atoms. The number of carboxylic acid groups (broad SMARTS) is 1. The van der Waals surface area contributed by atoms with Crippen molar-refractivity contribution in [2.24, 2.45) is 11.8 Å². The Hall–Kier alpha value is -3.35. The van der Waals surface area contributed by atoms with E-state index >= 15 is 0 Å². The lowest BCUT2D eigenvalue weighted by atomic mass is 9.98. The molecule has 1 fully saturated rings. The van der Waals surface area contributed by atoms with Crippen molar-refractivity contribution in [2.45, 2.75) is 64.0 Å². The van der Waals surface area contributed by atoms with Crippen molar-refractivity contribution in [3.63, 3.8) is 0 Å². The second kappa shape index (κ2) is 10.9. The number of ether oxygens (including phenoxy) is 1. The summed E-state index contributed by atoms with van der Waals surface area (Å²) in [6.45, 7) is 4.13. The predicted octanol–water partition coefficient (Wildman–Crippen LogP) is 4.70. The Balaban J connectivity index is 1.24. The molecule has 2 aliphatic carbocycles. The van der Waals surface area contributed by atoms with Gasteiger partial charge in [-0.2, -0.15) is 0 Å². The first-order valence-electron chi connectivity index (χ1n) is 12.5. The van der Waals surface area contributed by atoms with E-state index in [1.165, 1.54) is 22.3 Å². The van der Waals surface area contributed by atoms with Gasteiger partial charge < -0.3 is 20.5 Å². The molecule has 7 heteroatoms. The molecule has 0 aromatic heterocycles. The molecule has 2 aromatic rings. The normalized spacial score (nSPS) is 19.6. The molecule has 3 unspecified atom stereocenters. The molecule has 0 heterocycles. The van der Waals surface area contributed by atoms with Gasteiger partial charge in [0.05, 0.1) is 0 Å². The van der Waals surface area contributed by atoms with Crippen LogP contribution in [0.5, 0.6) is 0 Å². The molecular formula is C28H34N2O5. The minimum atomic E-state index is -1.01. The number of aliphatic carboxylic acids is 1. The highest BCUT2D eigenvalue weighted by molar-refractivity contribution is 5.83. The van der Waals surface area contributed by atoms with Crippen molar-refractivity contribution < 1.29 is 24.2 Å². The molecule has 3 atom stereocenters. The van der Waals surface area contributed by atoms with Crippen LogP contribution in [0, 0.1) is 11.8 Å². The summed E-state index contributed by atoms with van der Waals surface area (Å²) >= 11 is 0. The van der Waals surface area contributed by atoms with Gasteiger partial charge in [0, 0.05) is 18.4 Å². The van der Waals surface area contributed by atoms with Crippen LogP contribution in [0.15, 0.2) is 48.5 Å². The predicted molar refractivity (Wildman–Crippen MR) is 133 cm³/mol. The zero-order valence-electron chi connectivity index (χ0n) is 20.3. The smallest absolute Gasteiger partial charge is 0.407 e. The summed E-state index contributed by atoms with van der Waals surface area (Å²) in [6.07, 6.45) is 2.49. The number of hydrogen-bond acceptors (Lipinski definition) is 4. The molecule has 7 nitrogen and oxygen atoms in total. The van der Waals surface area contributed by atoms with Gasteiger partial charge >= 0.3 is 12.1 Å². The number of carbonyl (C=O) groups excluding carboxylic acids is 2. The molecule has 2 aliphatic rings. The van der Waals surface area contributed by atoms with E-state index in [0.29, 0.717) is 12.8 Å². The molecule has 2 amide bonds. The van der Waals surface area contributed by atoms with Crippen LogP contribution in [-0.2, 0) is 14.3 Å². The molecule has 2 aromatic carbocycles. The van der Waals surface area contributed by atoms with Gasteiger partial charge in [-0.3, -0.25) is 4.79 Å². The number of carbonyl (C=O) groups is 3. The minimum absolute atomic E-state index is 0.0150. The Bertz CT molecular complexity index is 1040. The van der Waals surface area contributed by atoms with Gasteiger partial charge in [-0.1, -0.05) is 62.4 Å². The van der Waals surface area contributed by atoms with E-state index in [1.807, 2.05) is 38.1 Å². The first kappa shape index (κ1) is 24.8. The number of nitrogens with one attached hydrogen (secondary N) is 2. The third kappa shape index (κ3) is 6.02. The molecule has 186 valence electrons. The number of rotatable bonds is 9. The summed E-state index contributed by atoms with van der Waals surface area (Å²) in [5.41, 5.74) is 4.72. The van der Waals surface area contributed by atoms with Crippen LogP contribution in [0.4, 0.5) is 4.79 Å². The van der Waals surface area contributed by atoms with Crippen molar-refractivity contribution in [1.29, 1.82) is 0 Å². The zero-order chi connectivity index (χ0) is 24.9. The van der Waals surface area contributed by atoms with Gasteiger partial charge in [0.1, 0.15) is 12.6 Å². The van der Waals surface area contributed by atoms with Crippen molar-refractivity contribution in [3.8, 4) is 11.1 Å². The first-order valence-corrected chi connectivity index (χ1v) is 12.5. The second-order valence-corrected chi connectivity index (χ2v) is 10.1. The fraction of sp³-hybridized carbons (Fsp3) is 0.464. The topological polar surface area (TPSA) is 105 Å². The molecule has 35 heavy (non-hydrogen) atoms. The van der Waals surface area contributed by atoms with E-state index in [0.717, 1.165) is 12.8 Å². The lowest BCUT2D eigenvalue weighted by Gasteiger charge is -2.18. The number of benzene rings is 2. The molecule has 4 rings (SSSR count). The summed E-state index contributed by atoms with van der Waals surface area (Å²) < 4.78 is 5.64. The average Bonchev–Trinajstić information content (AvgIpc) is 3.38. The Labute approximate surface area is 206 Å². The van der Waals surface area contributed by atoms with E-state index in [1.54, 1.807) is 0 Å². The van der Waals surface area contributed by atoms with E-state index in [2.05, 4.69) is 34.9 Å². The first-order chi connectivity index (χ1) is 16.8. The summed E-state index contributed by atoms with van der Waals surface area (Å²) in [5, 5.41) is 14.9. The SMILES string of the molecule is CC(C)CC(NC(=O)CC1CCC(NC(=O)OCC2c3ccccc3-c3ccccc32)C1)C(=O)O. The fourth-order valence-corrected chi connectivity index (χ4v) is 5.41. The Morgan fingerprint density at radius 2 is 1.63 bits per heavy atom. The second-order valence-electron chi connectivity index (χ2n) is 10.1. The standard InChI is InChI=1S/C28H34N2O5/c1-17(2)13-25(27(32)33)30-26(31)15-18-11-12-19(14-18)29-28(34)35-16-24-22-9-5-3-7-20(22)21-8-4-6-10-23(21)24/h3-10,17-19,24-25H,11-16H2,1-2H3,(H,29,34)(H,30,31)(H,32,33). The lowest BCUT2D eigenvalue weighted by Crippen LogP contribution is -2.42. The van der Waals surface area contributed by atoms with Crippen molar-refractivity contribution in [3.05, 3.63) is 59.7 Å².